The SMILES string of the molecule is CC/C=C\C/C=C\C/C=C\C/C=C\C/C=C\C/C=C\C/C=C\C/C=C\CCCCCCC(=O)OCC(COC(=O)CCCCCCC/C=C\CCCCC)OC(=O)CCCCCCCCCCC/C=C\CCCCCCCCCC. The van der Waals surface area contributed by atoms with Crippen molar-refractivity contribution in [3.05, 3.63) is 122 Å². The van der Waals surface area contributed by atoms with Gasteiger partial charge in [-0.1, -0.05) is 277 Å². The van der Waals surface area contributed by atoms with Crippen LogP contribution in [0.3, 0.4) is 0 Å². The molecule has 1 unspecified atom stereocenters. The normalized spacial score (nSPS) is 12.9. The molecule has 6 nitrogen and oxygen atoms in total. The van der Waals surface area contributed by atoms with Gasteiger partial charge < -0.3 is 14.2 Å². The minimum absolute atomic E-state index is 0.0924. The largest absolute Gasteiger partial charge is 0.462 e. The molecule has 0 fully saturated rings. The van der Waals surface area contributed by atoms with Crippen LogP contribution < -0.4 is 0 Å². The zero-order valence-corrected chi connectivity index (χ0v) is 52.3. The Labute approximate surface area is 494 Å². The molecule has 0 saturated heterocycles. The van der Waals surface area contributed by atoms with Gasteiger partial charge in [0.2, 0.25) is 0 Å². The van der Waals surface area contributed by atoms with Crippen molar-refractivity contribution in [2.45, 2.75) is 316 Å². The second-order valence-corrected chi connectivity index (χ2v) is 22.0. The van der Waals surface area contributed by atoms with Gasteiger partial charge in [0.05, 0.1) is 0 Å². The fourth-order valence-corrected chi connectivity index (χ4v) is 9.15. The first-order valence-corrected chi connectivity index (χ1v) is 33.5. The summed E-state index contributed by atoms with van der Waals surface area (Å²) in [6.07, 6.45) is 93.5. The highest BCUT2D eigenvalue weighted by molar-refractivity contribution is 5.71. The average molecular weight is 1110 g/mol. The van der Waals surface area contributed by atoms with Crippen molar-refractivity contribution in [3.63, 3.8) is 0 Å². The van der Waals surface area contributed by atoms with E-state index in [9.17, 15) is 14.4 Å². The van der Waals surface area contributed by atoms with Gasteiger partial charge in [-0.2, -0.15) is 0 Å². The van der Waals surface area contributed by atoms with Gasteiger partial charge in [0.1, 0.15) is 13.2 Å². The number of esters is 3. The molecule has 0 heterocycles. The quantitative estimate of drug-likeness (QED) is 0.0261. The Bertz CT molecular complexity index is 1650. The predicted molar refractivity (Wildman–Crippen MR) is 348 cm³/mol. The number of rotatable bonds is 60. The van der Waals surface area contributed by atoms with E-state index in [0.29, 0.717) is 19.3 Å². The lowest BCUT2D eigenvalue weighted by Crippen LogP contribution is -2.30. The number of carbonyl (C=O) groups is 3. The Balaban J connectivity index is 4.37. The molecule has 456 valence electrons. The minimum atomic E-state index is -0.797. The van der Waals surface area contributed by atoms with Crippen molar-refractivity contribution in [2.75, 3.05) is 13.2 Å². The minimum Gasteiger partial charge on any atom is -0.462 e. The lowest BCUT2D eigenvalue weighted by atomic mass is 10.1. The molecule has 0 saturated carbocycles. The molecule has 0 radical (unpaired) electrons. The summed E-state index contributed by atoms with van der Waals surface area (Å²) in [5, 5.41) is 0. The number of unbranched alkanes of at least 4 members (excludes halogenated alkanes) is 29. The van der Waals surface area contributed by atoms with Crippen LogP contribution in [-0.4, -0.2) is 37.2 Å². The molecule has 0 aliphatic carbocycles. The summed E-state index contributed by atoms with van der Waals surface area (Å²) in [6, 6.07) is 0. The molecule has 0 bridgehead atoms. The van der Waals surface area contributed by atoms with Crippen LogP contribution in [0.2, 0.25) is 0 Å². The molecule has 0 aliphatic rings. The standard InChI is InChI=1S/C74H124O6/c1-4-7-10-13-16-19-22-25-27-29-31-33-34-35-36-37-38-39-40-42-43-45-47-49-52-55-58-61-64-67-73(76)79-70-71(69-78-72(75)66-63-60-57-54-51-24-21-18-15-12-9-6-3)80-74(77)68-65-62-59-56-53-50-48-46-44-41-32-30-28-26-23-20-17-14-11-8-5-2/h7,10,16,18-19,21,25,27,30-33,35-36,38-39,42-43,47,49,71H,4-6,8-9,11-15,17,20,22-24,26,28-29,34,37,40-41,44-46,48,50-70H2,1-3H3/b10-7-,19-16-,21-18-,27-25-,32-30-,33-31-,36-35-,39-38-,43-42-,49-47-. The average Bonchev–Trinajstić information content (AvgIpc) is 3.46. The Kier molecular flexibility index (Phi) is 63.8. The molecule has 0 rings (SSSR count). The first-order chi connectivity index (χ1) is 39.5. The van der Waals surface area contributed by atoms with Crippen LogP contribution in [0.5, 0.6) is 0 Å². The molecule has 0 aliphatic heterocycles. The van der Waals surface area contributed by atoms with Gasteiger partial charge in [-0.3, -0.25) is 14.4 Å². The van der Waals surface area contributed by atoms with E-state index in [1.54, 1.807) is 0 Å². The molecule has 0 N–H and O–H groups in total. The van der Waals surface area contributed by atoms with Crippen LogP contribution in [0.25, 0.3) is 0 Å². The van der Waals surface area contributed by atoms with E-state index in [4.69, 9.17) is 14.2 Å². The van der Waals surface area contributed by atoms with E-state index in [0.717, 1.165) is 128 Å². The highest BCUT2D eigenvalue weighted by Crippen LogP contribution is 2.15. The van der Waals surface area contributed by atoms with Gasteiger partial charge >= 0.3 is 17.9 Å². The second kappa shape index (κ2) is 67.3. The van der Waals surface area contributed by atoms with Crippen LogP contribution in [0.4, 0.5) is 0 Å². The molecular weight excluding hydrogens is 985 g/mol. The van der Waals surface area contributed by atoms with Crippen molar-refractivity contribution >= 4 is 17.9 Å². The topological polar surface area (TPSA) is 78.9 Å². The van der Waals surface area contributed by atoms with Crippen molar-refractivity contribution in [1.29, 1.82) is 0 Å². The van der Waals surface area contributed by atoms with Crippen LogP contribution in [0.15, 0.2) is 122 Å². The number of carbonyl (C=O) groups excluding carboxylic acids is 3. The maximum absolute atomic E-state index is 12.9. The van der Waals surface area contributed by atoms with Gasteiger partial charge in [0.25, 0.3) is 0 Å². The van der Waals surface area contributed by atoms with E-state index in [-0.39, 0.29) is 31.1 Å². The van der Waals surface area contributed by atoms with Gasteiger partial charge in [-0.25, -0.2) is 0 Å². The predicted octanol–water partition coefficient (Wildman–Crippen LogP) is 23.2. The van der Waals surface area contributed by atoms with Gasteiger partial charge in [-0.05, 0) is 135 Å². The fraction of sp³-hybridized carbons (Fsp3) is 0.689. The monoisotopic (exact) mass is 1110 g/mol. The molecular formula is C74H124O6. The highest BCUT2D eigenvalue weighted by Gasteiger charge is 2.19. The van der Waals surface area contributed by atoms with E-state index >= 15 is 0 Å². The Hall–Kier alpha value is -4.19. The second-order valence-electron chi connectivity index (χ2n) is 22.0. The summed E-state index contributed by atoms with van der Waals surface area (Å²) < 4.78 is 16.9. The lowest BCUT2D eigenvalue weighted by molar-refractivity contribution is -0.167. The Morgan fingerprint density at radius 3 is 0.800 bits per heavy atom. The van der Waals surface area contributed by atoms with Crippen LogP contribution in [-0.2, 0) is 28.6 Å². The van der Waals surface area contributed by atoms with Crippen LogP contribution in [0, 0.1) is 0 Å². The van der Waals surface area contributed by atoms with Gasteiger partial charge in [-0.15, -0.1) is 0 Å². The lowest BCUT2D eigenvalue weighted by Gasteiger charge is -2.18. The van der Waals surface area contributed by atoms with E-state index in [1.165, 1.54) is 141 Å². The number of hydrogen-bond acceptors (Lipinski definition) is 6. The Morgan fingerprint density at radius 2 is 0.487 bits per heavy atom. The van der Waals surface area contributed by atoms with Gasteiger partial charge in [0.15, 0.2) is 6.10 Å². The summed E-state index contributed by atoms with van der Waals surface area (Å²) in [5.41, 5.74) is 0. The highest BCUT2D eigenvalue weighted by atomic mass is 16.6. The third kappa shape index (κ3) is 64.6. The third-order valence-corrected chi connectivity index (χ3v) is 14.2. The molecule has 80 heavy (non-hydrogen) atoms. The van der Waals surface area contributed by atoms with Crippen molar-refractivity contribution < 1.29 is 28.6 Å². The molecule has 0 aromatic carbocycles. The molecule has 0 amide bonds. The maximum Gasteiger partial charge on any atom is 0.306 e. The summed E-state index contributed by atoms with van der Waals surface area (Å²) in [5.74, 6) is -0.922. The molecule has 6 heteroatoms. The zero-order chi connectivity index (χ0) is 57.8. The molecule has 1 atom stereocenters. The van der Waals surface area contributed by atoms with Gasteiger partial charge in [0, 0.05) is 19.3 Å². The first-order valence-electron chi connectivity index (χ1n) is 33.5. The smallest absolute Gasteiger partial charge is 0.306 e. The van der Waals surface area contributed by atoms with Crippen LogP contribution in [0.1, 0.15) is 310 Å². The fourth-order valence-electron chi connectivity index (χ4n) is 9.15. The summed E-state index contributed by atoms with van der Waals surface area (Å²) >= 11 is 0. The number of hydrogen-bond donors (Lipinski definition) is 0. The molecule has 0 aromatic rings. The number of allylic oxidation sites excluding steroid dienone is 20. The van der Waals surface area contributed by atoms with E-state index in [2.05, 4.69) is 142 Å². The first kappa shape index (κ1) is 75.8. The third-order valence-electron chi connectivity index (χ3n) is 14.2. The van der Waals surface area contributed by atoms with E-state index < -0.39 is 6.10 Å². The van der Waals surface area contributed by atoms with Crippen molar-refractivity contribution in [2.24, 2.45) is 0 Å². The van der Waals surface area contributed by atoms with Crippen LogP contribution >= 0.6 is 0 Å². The summed E-state index contributed by atoms with van der Waals surface area (Å²) in [7, 11) is 0. The maximum atomic E-state index is 12.9. The zero-order valence-electron chi connectivity index (χ0n) is 52.3. The van der Waals surface area contributed by atoms with E-state index in [1.807, 2.05) is 0 Å². The number of ether oxygens (including phenoxy) is 3. The summed E-state index contributed by atoms with van der Waals surface area (Å²) in [4.78, 5) is 38.3. The van der Waals surface area contributed by atoms with Crippen molar-refractivity contribution in [1.82, 2.24) is 0 Å². The molecule has 0 spiro atoms. The summed E-state index contributed by atoms with van der Waals surface area (Å²) in [6.45, 7) is 6.49. The Morgan fingerprint density at radius 1 is 0.263 bits per heavy atom. The van der Waals surface area contributed by atoms with Crippen molar-refractivity contribution in [3.8, 4) is 0 Å². The molecule has 0 aromatic heterocycles.